The van der Waals surface area contributed by atoms with Gasteiger partial charge in [0.05, 0.1) is 6.54 Å². The van der Waals surface area contributed by atoms with Gasteiger partial charge in [0, 0.05) is 13.0 Å². The summed E-state index contributed by atoms with van der Waals surface area (Å²) in [7, 11) is 0. The van der Waals surface area contributed by atoms with Gasteiger partial charge in [-0.2, -0.15) is 0 Å². The zero-order chi connectivity index (χ0) is 24.6. The lowest BCUT2D eigenvalue weighted by molar-refractivity contribution is -0.119. The number of H-pyrrole nitrogens is 1. The molecule has 1 amide bonds. The number of anilines is 2. The van der Waals surface area contributed by atoms with Crippen molar-refractivity contribution in [2.75, 3.05) is 17.2 Å². The molecule has 3 N–H and O–H groups in total. The largest absolute Gasteiger partial charge is 0.383 e. The van der Waals surface area contributed by atoms with Crippen LogP contribution >= 0.6 is 0 Å². The van der Waals surface area contributed by atoms with Crippen LogP contribution in [0.25, 0.3) is 0 Å². The van der Waals surface area contributed by atoms with Crippen molar-refractivity contribution in [1.29, 1.82) is 0 Å². The Hall–Kier alpha value is -3.09. The highest BCUT2D eigenvalue weighted by atomic mass is 16.2. The average molecular weight is 479 g/mol. The molecule has 7 nitrogen and oxygen atoms in total. The van der Waals surface area contributed by atoms with Crippen LogP contribution in [0, 0.1) is 5.92 Å². The van der Waals surface area contributed by atoms with Gasteiger partial charge >= 0.3 is 5.69 Å². The van der Waals surface area contributed by atoms with E-state index in [1.165, 1.54) is 48.7 Å². The number of allylic oxidation sites excluding steroid dienone is 1. The van der Waals surface area contributed by atoms with Crippen molar-refractivity contribution in [3.8, 4) is 0 Å². The zero-order valence-corrected chi connectivity index (χ0v) is 20.6. The molecule has 0 radical (unpaired) electrons. The first-order chi connectivity index (χ1) is 17.0. The molecule has 7 heteroatoms. The standard InChI is InChI=1S/C28H38N4O3/c29-26-25(27(34)30-28(35)32(26)20-23-14-8-3-9-15-23)31(19-18-22-12-6-2-7-13-22)24(33)17-16-21-10-4-1-5-11-21/h3,8-9,12,14-15,21H,1-2,4-7,10-11,13,16-20,29H2,(H,30,34,35). The van der Waals surface area contributed by atoms with Crippen LogP contribution in [0.3, 0.4) is 0 Å². The van der Waals surface area contributed by atoms with Crippen LogP contribution in [0.1, 0.15) is 82.6 Å². The number of nitrogens with zero attached hydrogens (tertiary/aromatic N) is 2. The average Bonchev–Trinajstić information content (AvgIpc) is 2.88. The van der Waals surface area contributed by atoms with Crippen molar-refractivity contribution in [3.05, 3.63) is 68.4 Å². The third-order valence-electron chi connectivity index (χ3n) is 7.50. The number of aromatic amines is 1. The summed E-state index contributed by atoms with van der Waals surface area (Å²) in [5.74, 6) is 0.526. The number of nitrogens with one attached hydrogen (secondary N) is 1. The molecular weight excluding hydrogens is 440 g/mol. The number of rotatable bonds is 9. The summed E-state index contributed by atoms with van der Waals surface area (Å²) in [4.78, 5) is 43.2. The van der Waals surface area contributed by atoms with Gasteiger partial charge in [-0.25, -0.2) is 4.79 Å². The SMILES string of the molecule is Nc1c(N(CCC2=CCCCC2)C(=O)CCC2CCCCC2)c(=O)[nH]c(=O)n1Cc1ccccc1. The van der Waals surface area contributed by atoms with E-state index in [0.717, 1.165) is 31.2 Å². The van der Waals surface area contributed by atoms with E-state index in [1.54, 1.807) is 4.90 Å². The quantitative estimate of drug-likeness (QED) is 0.508. The lowest BCUT2D eigenvalue weighted by Crippen LogP contribution is -2.42. The van der Waals surface area contributed by atoms with Crippen molar-refractivity contribution in [1.82, 2.24) is 9.55 Å². The molecule has 1 fully saturated rings. The minimum Gasteiger partial charge on any atom is -0.383 e. The van der Waals surface area contributed by atoms with Gasteiger partial charge in [0.1, 0.15) is 5.82 Å². The molecule has 0 saturated heterocycles. The van der Waals surface area contributed by atoms with Crippen molar-refractivity contribution >= 4 is 17.4 Å². The summed E-state index contributed by atoms with van der Waals surface area (Å²) in [5.41, 5.74) is 7.61. The molecule has 2 aliphatic carbocycles. The molecule has 1 saturated carbocycles. The molecule has 0 unspecified atom stereocenters. The Morgan fingerprint density at radius 2 is 1.83 bits per heavy atom. The van der Waals surface area contributed by atoms with Crippen LogP contribution < -0.4 is 21.9 Å². The Labute approximate surface area is 207 Å². The third-order valence-corrected chi connectivity index (χ3v) is 7.50. The van der Waals surface area contributed by atoms with Crippen molar-refractivity contribution in [2.24, 2.45) is 5.92 Å². The van der Waals surface area contributed by atoms with E-state index in [1.807, 2.05) is 30.3 Å². The molecule has 2 aromatic rings. The minimum atomic E-state index is -0.597. The monoisotopic (exact) mass is 478 g/mol. The van der Waals surface area contributed by atoms with Crippen LogP contribution in [0.2, 0.25) is 0 Å². The fourth-order valence-electron chi connectivity index (χ4n) is 5.45. The molecule has 2 aliphatic rings. The number of amides is 1. The normalized spacial score (nSPS) is 16.6. The highest BCUT2D eigenvalue weighted by Crippen LogP contribution is 2.29. The van der Waals surface area contributed by atoms with Gasteiger partial charge < -0.3 is 10.6 Å². The lowest BCUT2D eigenvalue weighted by atomic mass is 9.86. The number of benzene rings is 1. The molecule has 35 heavy (non-hydrogen) atoms. The van der Waals surface area contributed by atoms with E-state index in [2.05, 4.69) is 11.1 Å². The van der Waals surface area contributed by atoms with Crippen LogP contribution in [-0.2, 0) is 11.3 Å². The predicted octanol–water partition coefficient (Wildman–Crippen LogP) is 4.75. The predicted molar refractivity (Wildman–Crippen MR) is 141 cm³/mol. The van der Waals surface area contributed by atoms with Gasteiger partial charge in [0.25, 0.3) is 5.56 Å². The van der Waals surface area contributed by atoms with Crippen molar-refractivity contribution < 1.29 is 4.79 Å². The number of hydrogen-bond donors (Lipinski definition) is 2. The van der Waals surface area contributed by atoms with Crippen LogP contribution in [0.4, 0.5) is 11.5 Å². The Kier molecular flexibility index (Phi) is 8.61. The van der Waals surface area contributed by atoms with Gasteiger partial charge in [-0.05, 0) is 50.0 Å². The molecule has 1 heterocycles. The Balaban J connectivity index is 1.62. The number of nitrogen functional groups attached to an aromatic ring is 1. The molecule has 4 rings (SSSR count). The van der Waals surface area contributed by atoms with Crippen LogP contribution in [0.15, 0.2) is 51.6 Å². The summed E-state index contributed by atoms with van der Waals surface area (Å²) in [6, 6.07) is 9.49. The van der Waals surface area contributed by atoms with Gasteiger partial charge in [-0.3, -0.25) is 19.1 Å². The number of nitrogens with two attached hydrogens (primary N) is 1. The van der Waals surface area contributed by atoms with E-state index in [0.29, 0.717) is 25.3 Å². The molecule has 1 aromatic carbocycles. The molecule has 0 spiro atoms. The Morgan fingerprint density at radius 3 is 2.54 bits per heavy atom. The van der Waals surface area contributed by atoms with Gasteiger partial charge in [0.2, 0.25) is 5.91 Å². The van der Waals surface area contributed by atoms with Gasteiger partial charge in [-0.15, -0.1) is 0 Å². The van der Waals surface area contributed by atoms with Crippen molar-refractivity contribution in [3.63, 3.8) is 0 Å². The number of aromatic nitrogens is 2. The summed E-state index contributed by atoms with van der Waals surface area (Å²) in [5, 5.41) is 0. The minimum absolute atomic E-state index is 0.0474. The molecule has 1 aromatic heterocycles. The first-order valence-electron chi connectivity index (χ1n) is 13.2. The number of carbonyl (C=O) groups excluding carboxylic acids is 1. The van der Waals surface area contributed by atoms with E-state index >= 15 is 0 Å². The maximum atomic E-state index is 13.5. The Morgan fingerprint density at radius 1 is 1.06 bits per heavy atom. The highest BCUT2D eigenvalue weighted by Gasteiger charge is 2.25. The first kappa shape index (κ1) is 25.0. The smallest absolute Gasteiger partial charge is 0.330 e. The highest BCUT2D eigenvalue weighted by molar-refractivity contribution is 5.95. The van der Waals surface area contributed by atoms with Gasteiger partial charge in [-0.1, -0.05) is 74.1 Å². The molecule has 0 bridgehead atoms. The van der Waals surface area contributed by atoms with Crippen LogP contribution in [-0.4, -0.2) is 22.0 Å². The maximum Gasteiger partial charge on any atom is 0.330 e. The molecule has 0 atom stereocenters. The molecule has 0 aliphatic heterocycles. The van der Waals surface area contributed by atoms with E-state index in [9.17, 15) is 14.4 Å². The topological polar surface area (TPSA) is 101 Å². The van der Waals surface area contributed by atoms with E-state index < -0.39 is 11.2 Å². The summed E-state index contributed by atoms with van der Waals surface area (Å²) in [6.07, 6.45) is 14.7. The fraction of sp³-hybridized carbons (Fsp3) is 0.536. The Bertz CT molecular complexity index is 1140. The molecule has 188 valence electrons. The fourth-order valence-corrected chi connectivity index (χ4v) is 5.45. The van der Waals surface area contributed by atoms with Crippen molar-refractivity contribution in [2.45, 2.75) is 83.6 Å². The zero-order valence-electron chi connectivity index (χ0n) is 20.6. The first-order valence-corrected chi connectivity index (χ1v) is 13.2. The second-order valence-corrected chi connectivity index (χ2v) is 10.0. The lowest BCUT2D eigenvalue weighted by Gasteiger charge is -2.27. The second-order valence-electron chi connectivity index (χ2n) is 10.0. The summed E-state index contributed by atoms with van der Waals surface area (Å²) in [6.45, 7) is 0.622. The van der Waals surface area contributed by atoms with Gasteiger partial charge in [0.15, 0.2) is 5.69 Å². The number of carbonyl (C=O) groups is 1. The third kappa shape index (κ3) is 6.53. The van der Waals surface area contributed by atoms with Crippen LogP contribution in [0.5, 0.6) is 0 Å². The summed E-state index contributed by atoms with van der Waals surface area (Å²) >= 11 is 0. The van der Waals surface area contributed by atoms with E-state index in [4.69, 9.17) is 5.73 Å². The van der Waals surface area contributed by atoms with E-state index in [-0.39, 0.29) is 24.0 Å². The maximum absolute atomic E-state index is 13.5. The number of hydrogen-bond acceptors (Lipinski definition) is 4. The molecular formula is C28H38N4O3. The second kappa shape index (κ2) is 12.0. The summed E-state index contributed by atoms with van der Waals surface area (Å²) < 4.78 is 1.35.